The third kappa shape index (κ3) is 1.61. The van der Waals surface area contributed by atoms with E-state index in [2.05, 4.69) is 9.97 Å². The highest BCUT2D eigenvalue weighted by Gasteiger charge is 2.19. The summed E-state index contributed by atoms with van der Waals surface area (Å²) in [6.45, 7) is 1.87. The van der Waals surface area contributed by atoms with Crippen molar-refractivity contribution in [3.05, 3.63) is 27.4 Å². The highest BCUT2D eigenvalue weighted by atomic mass is 32.1. The summed E-state index contributed by atoms with van der Waals surface area (Å²) in [6, 6.07) is 0. The molecule has 0 bridgehead atoms. The summed E-state index contributed by atoms with van der Waals surface area (Å²) in [5.74, 6) is 0.498. The number of thiazole rings is 1. The van der Waals surface area contributed by atoms with Crippen molar-refractivity contribution in [3.63, 3.8) is 0 Å². The molecular formula is C8H8N4O2S. The van der Waals surface area contributed by atoms with E-state index in [0.29, 0.717) is 10.8 Å². The molecule has 6 nitrogen and oxygen atoms in total. The largest absolute Gasteiger partial charge is 0.358 e. The van der Waals surface area contributed by atoms with Crippen LogP contribution in [0.15, 0.2) is 11.6 Å². The van der Waals surface area contributed by atoms with Crippen LogP contribution in [0.3, 0.4) is 0 Å². The SMILES string of the molecule is Cc1csc(-c2ncc([N+](=O)[O-])n2C)n1. The Kier molecular flexibility index (Phi) is 2.24. The Balaban J connectivity index is 2.50. The Morgan fingerprint density at radius 2 is 2.33 bits per heavy atom. The standard InChI is InChI=1S/C8H8N4O2S/c1-5-4-15-8(10-5)7-9-3-6(11(7)2)12(13)14/h3-4H,1-2H3. The van der Waals surface area contributed by atoms with E-state index in [1.807, 2.05) is 12.3 Å². The molecule has 2 heterocycles. The third-order valence-corrected chi connectivity index (χ3v) is 2.92. The van der Waals surface area contributed by atoms with Crippen molar-refractivity contribution < 1.29 is 4.92 Å². The van der Waals surface area contributed by atoms with Gasteiger partial charge in [0, 0.05) is 11.1 Å². The van der Waals surface area contributed by atoms with E-state index in [-0.39, 0.29) is 5.82 Å². The molecule has 0 radical (unpaired) electrons. The van der Waals surface area contributed by atoms with Crippen LogP contribution in [0.5, 0.6) is 0 Å². The van der Waals surface area contributed by atoms with E-state index < -0.39 is 4.92 Å². The van der Waals surface area contributed by atoms with E-state index in [9.17, 15) is 10.1 Å². The van der Waals surface area contributed by atoms with Crippen LogP contribution in [0.2, 0.25) is 0 Å². The van der Waals surface area contributed by atoms with Crippen molar-refractivity contribution in [1.82, 2.24) is 14.5 Å². The minimum atomic E-state index is -0.461. The van der Waals surface area contributed by atoms with E-state index >= 15 is 0 Å². The lowest BCUT2D eigenvalue weighted by Gasteiger charge is -1.94. The zero-order chi connectivity index (χ0) is 11.0. The first kappa shape index (κ1) is 9.78. The van der Waals surface area contributed by atoms with Crippen LogP contribution in [-0.2, 0) is 7.05 Å². The maximum absolute atomic E-state index is 10.6. The second-order valence-electron chi connectivity index (χ2n) is 3.05. The average Bonchev–Trinajstić information content (AvgIpc) is 2.71. The normalized spacial score (nSPS) is 10.5. The van der Waals surface area contributed by atoms with Crippen LogP contribution in [0.4, 0.5) is 5.82 Å². The molecule has 0 unspecified atom stereocenters. The van der Waals surface area contributed by atoms with Crippen LogP contribution < -0.4 is 0 Å². The molecule has 15 heavy (non-hydrogen) atoms. The van der Waals surface area contributed by atoms with Gasteiger partial charge in [-0.25, -0.2) is 14.5 Å². The van der Waals surface area contributed by atoms with Gasteiger partial charge in [-0.2, -0.15) is 0 Å². The number of hydrogen-bond donors (Lipinski definition) is 0. The molecule has 0 spiro atoms. The molecule has 0 amide bonds. The van der Waals surface area contributed by atoms with Crippen LogP contribution in [0.1, 0.15) is 5.69 Å². The second-order valence-corrected chi connectivity index (χ2v) is 3.91. The van der Waals surface area contributed by atoms with Crippen molar-refractivity contribution in [2.45, 2.75) is 6.92 Å². The summed E-state index contributed by atoms with van der Waals surface area (Å²) < 4.78 is 1.43. The quantitative estimate of drug-likeness (QED) is 0.575. The van der Waals surface area contributed by atoms with Crippen molar-refractivity contribution in [2.24, 2.45) is 7.05 Å². The van der Waals surface area contributed by atoms with Crippen molar-refractivity contribution in [3.8, 4) is 10.8 Å². The molecule has 0 N–H and O–H groups in total. The smallest absolute Gasteiger partial charge is 0.342 e. The van der Waals surface area contributed by atoms with Crippen molar-refractivity contribution >= 4 is 17.2 Å². The molecule has 0 saturated carbocycles. The lowest BCUT2D eigenvalue weighted by molar-refractivity contribution is -0.391. The third-order valence-electron chi connectivity index (χ3n) is 1.96. The lowest BCUT2D eigenvalue weighted by Crippen LogP contribution is -1.98. The van der Waals surface area contributed by atoms with Gasteiger partial charge >= 0.3 is 5.82 Å². The molecule has 2 rings (SSSR count). The summed E-state index contributed by atoms with van der Waals surface area (Å²) in [5, 5.41) is 13.2. The van der Waals surface area contributed by atoms with Crippen LogP contribution >= 0.6 is 11.3 Å². The van der Waals surface area contributed by atoms with Crippen LogP contribution in [0.25, 0.3) is 10.8 Å². The van der Waals surface area contributed by atoms with Gasteiger partial charge in [-0.1, -0.05) is 0 Å². The molecule has 0 aliphatic heterocycles. The Morgan fingerprint density at radius 1 is 1.60 bits per heavy atom. The fourth-order valence-corrected chi connectivity index (χ4v) is 2.05. The van der Waals surface area contributed by atoms with Gasteiger partial charge in [0.25, 0.3) is 5.82 Å². The summed E-state index contributed by atoms with van der Waals surface area (Å²) in [4.78, 5) is 18.4. The lowest BCUT2D eigenvalue weighted by atomic mass is 10.5. The van der Waals surface area contributed by atoms with Gasteiger partial charge in [-0.15, -0.1) is 11.3 Å². The maximum atomic E-state index is 10.6. The fraction of sp³-hybridized carbons (Fsp3) is 0.250. The molecule has 2 aromatic heterocycles. The number of nitro groups is 1. The minimum absolute atomic E-state index is 0.0298. The van der Waals surface area contributed by atoms with Gasteiger partial charge in [0.15, 0.2) is 5.01 Å². The zero-order valence-electron chi connectivity index (χ0n) is 8.17. The number of hydrogen-bond acceptors (Lipinski definition) is 5. The molecule has 0 atom stereocenters. The highest BCUT2D eigenvalue weighted by Crippen LogP contribution is 2.24. The molecule has 7 heteroatoms. The topological polar surface area (TPSA) is 73.8 Å². The van der Waals surface area contributed by atoms with Crippen LogP contribution in [-0.4, -0.2) is 19.5 Å². The van der Waals surface area contributed by atoms with E-state index in [1.54, 1.807) is 7.05 Å². The molecule has 0 aromatic carbocycles. The summed E-state index contributed by atoms with van der Waals surface area (Å²) >= 11 is 1.42. The zero-order valence-corrected chi connectivity index (χ0v) is 8.98. The van der Waals surface area contributed by atoms with Gasteiger partial charge in [-0.3, -0.25) is 0 Å². The van der Waals surface area contributed by atoms with Gasteiger partial charge in [0.05, 0.1) is 7.05 Å². The highest BCUT2D eigenvalue weighted by molar-refractivity contribution is 7.13. The summed E-state index contributed by atoms with van der Waals surface area (Å²) in [7, 11) is 1.61. The monoisotopic (exact) mass is 224 g/mol. The Morgan fingerprint density at radius 3 is 2.80 bits per heavy atom. The first-order valence-electron chi connectivity index (χ1n) is 4.18. The predicted molar refractivity (Wildman–Crippen MR) is 55.7 cm³/mol. The molecule has 78 valence electrons. The van der Waals surface area contributed by atoms with E-state index in [0.717, 1.165) is 5.69 Å². The molecule has 0 saturated heterocycles. The maximum Gasteiger partial charge on any atom is 0.342 e. The summed E-state index contributed by atoms with van der Waals surface area (Å²) in [6.07, 6.45) is 1.24. The number of nitrogens with zero attached hydrogens (tertiary/aromatic N) is 4. The molecular weight excluding hydrogens is 216 g/mol. The number of aryl methyl sites for hydroxylation is 1. The second kappa shape index (κ2) is 3.43. The Bertz CT molecular complexity index is 516. The van der Waals surface area contributed by atoms with Crippen LogP contribution in [0, 0.1) is 17.0 Å². The Hall–Kier alpha value is -1.76. The average molecular weight is 224 g/mol. The number of rotatable bonds is 2. The summed E-state index contributed by atoms with van der Waals surface area (Å²) in [5.41, 5.74) is 0.889. The first-order valence-corrected chi connectivity index (χ1v) is 5.06. The number of aromatic nitrogens is 3. The van der Waals surface area contributed by atoms with Crippen molar-refractivity contribution in [1.29, 1.82) is 0 Å². The van der Waals surface area contributed by atoms with E-state index in [4.69, 9.17) is 0 Å². The first-order chi connectivity index (χ1) is 7.09. The molecule has 2 aromatic rings. The van der Waals surface area contributed by atoms with Gasteiger partial charge in [0.1, 0.15) is 6.20 Å². The number of imidazole rings is 1. The minimum Gasteiger partial charge on any atom is -0.358 e. The van der Waals surface area contributed by atoms with E-state index in [1.165, 1.54) is 22.1 Å². The van der Waals surface area contributed by atoms with Gasteiger partial charge in [-0.05, 0) is 11.8 Å². The van der Waals surface area contributed by atoms with Gasteiger partial charge in [0.2, 0.25) is 0 Å². The molecule has 0 aliphatic rings. The molecule has 0 fully saturated rings. The van der Waals surface area contributed by atoms with Crippen molar-refractivity contribution in [2.75, 3.05) is 0 Å². The molecule has 0 aliphatic carbocycles. The fourth-order valence-electron chi connectivity index (χ4n) is 1.23. The van der Waals surface area contributed by atoms with Gasteiger partial charge < -0.3 is 10.1 Å². The predicted octanol–water partition coefficient (Wildman–Crippen LogP) is 1.76. The Labute approximate surface area is 89.4 Å².